The van der Waals surface area contributed by atoms with E-state index in [1.165, 1.54) is 0 Å². The van der Waals surface area contributed by atoms with Crippen molar-refractivity contribution >= 4 is 11.8 Å². The summed E-state index contributed by atoms with van der Waals surface area (Å²) in [6.45, 7) is 7.93. The molecule has 4 heteroatoms. The lowest BCUT2D eigenvalue weighted by molar-refractivity contribution is 0.489. The molecule has 2 N–H and O–H groups in total. The molecule has 1 heterocycles. The van der Waals surface area contributed by atoms with Gasteiger partial charge in [0.05, 0.1) is 11.4 Å². The molecule has 0 radical (unpaired) electrons. The molecule has 14 heavy (non-hydrogen) atoms. The van der Waals surface area contributed by atoms with E-state index in [-0.39, 0.29) is 5.54 Å². The van der Waals surface area contributed by atoms with Gasteiger partial charge in [0.25, 0.3) is 0 Å². The summed E-state index contributed by atoms with van der Waals surface area (Å²) < 4.78 is 5.46. The maximum Gasteiger partial charge on any atom is 0.204 e. The number of oxazole rings is 1. The second-order valence-electron chi connectivity index (χ2n) is 4.23. The Kier molecular flexibility index (Phi) is 3.61. The average molecular weight is 214 g/mol. The van der Waals surface area contributed by atoms with Gasteiger partial charge in [0.15, 0.2) is 0 Å². The molecule has 0 unspecified atom stereocenters. The SMILES string of the molecule is Cc1nc(CSCC(C)(C)N)oc1C. The molecule has 0 aromatic carbocycles. The Morgan fingerprint density at radius 2 is 2.07 bits per heavy atom. The highest BCUT2D eigenvalue weighted by Gasteiger charge is 2.12. The van der Waals surface area contributed by atoms with E-state index >= 15 is 0 Å². The zero-order valence-electron chi connectivity index (χ0n) is 9.26. The number of hydrogen-bond donors (Lipinski definition) is 1. The molecule has 1 aromatic rings. The molecule has 80 valence electrons. The minimum Gasteiger partial charge on any atom is -0.445 e. The zero-order valence-corrected chi connectivity index (χ0v) is 10.1. The zero-order chi connectivity index (χ0) is 10.8. The van der Waals surface area contributed by atoms with Crippen LogP contribution < -0.4 is 5.73 Å². The Morgan fingerprint density at radius 3 is 2.50 bits per heavy atom. The van der Waals surface area contributed by atoms with Gasteiger partial charge in [0.1, 0.15) is 5.76 Å². The van der Waals surface area contributed by atoms with Crippen LogP contribution in [-0.4, -0.2) is 16.3 Å². The van der Waals surface area contributed by atoms with E-state index in [9.17, 15) is 0 Å². The van der Waals surface area contributed by atoms with Gasteiger partial charge in [-0.25, -0.2) is 4.98 Å². The van der Waals surface area contributed by atoms with Crippen LogP contribution in [0.5, 0.6) is 0 Å². The molecule has 0 spiro atoms. The number of aryl methyl sites for hydroxylation is 2. The van der Waals surface area contributed by atoms with E-state index in [4.69, 9.17) is 10.2 Å². The highest BCUT2D eigenvalue weighted by molar-refractivity contribution is 7.98. The standard InChI is InChI=1S/C10H18N2OS/c1-7-8(2)13-9(12-7)5-14-6-10(3,4)11/h5-6,11H2,1-4H3. The molecule has 3 nitrogen and oxygen atoms in total. The molecule has 1 rings (SSSR count). The first kappa shape index (κ1) is 11.6. The minimum absolute atomic E-state index is 0.124. The summed E-state index contributed by atoms with van der Waals surface area (Å²) in [6, 6.07) is 0. The third-order valence-corrected chi connectivity index (χ3v) is 3.17. The molecule has 0 amide bonds. The Bertz CT molecular complexity index is 282. The fraction of sp³-hybridized carbons (Fsp3) is 0.700. The monoisotopic (exact) mass is 214 g/mol. The van der Waals surface area contributed by atoms with Crippen molar-refractivity contribution in [3.63, 3.8) is 0 Å². The smallest absolute Gasteiger partial charge is 0.204 e. The molecule has 0 saturated heterocycles. The van der Waals surface area contributed by atoms with E-state index in [1.807, 2.05) is 27.7 Å². The van der Waals surface area contributed by atoms with Gasteiger partial charge in [-0.2, -0.15) is 11.8 Å². The fourth-order valence-corrected chi connectivity index (χ4v) is 1.93. The number of hydrogen-bond acceptors (Lipinski definition) is 4. The molecule has 0 bridgehead atoms. The summed E-state index contributed by atoms with van der Waals surface area (Å²) in [4.78, 5) is 4.30. The molecule has 1 aromatic heterocycles. The van der Waals surface area contributed by atoms with Crippen molar-refractivity contribution in [1.29, 1.82) is 0 Å². The second-order valence-corrected chi connectivity index (χ2v) is 5.22. The van der Waals surface area contributed by atoms with Gasteiger partial charge in [-0.05, 0) is 27.7 Å². The van der Waals surface area contributed by atoms with Crippen molar-refractivity contribution in [2.45, 2.75) is 39.0 Å². The van der Waals surface area contributed by atoms with Crippen molar-refractivity contribution in [2.24, 2.45) is 5.73 Å². The Labute approximate surface area is 89.5 Å². The first-order valence-corrected chi connectivity index (χ1v) is 5.83. The Morgan fingerprint density at radius 1 is 1.43 bits per heavy atom. The molecule has 0 saturated carbocycles. The largest absolute Gasteiger partial charge is 0.445 e. The summed E-state index contributed by atoms with van der Waals surface area (Å²) in [6.07, 6.45) is 0. The minimum atomic E-state index is -0.124. The second kappa shape index (κ2) is 4.36. The van der Waals surface area contributed by atoms with Gasteiger partial charge in [0, 0.05) is 11.3 Å². The van der Waals surface area contributed by atoms with Crippen LogP contribution in [-0.2, 0) is 5.75 Å². The summed E-state index contributed by atoms with van der Waals surface area (Å²) in [5.74, 6) is 3.42. The average Bonchev–Trinajstić information content (AvgIpc) is 2.28. The molecular weight excluding hydrogens is 196 g/mol. The fourth-order valence-electron chi connectivity index (χ4n) is 1.00. The number of rotatable bonds is 4. The van der Waals surface area contributed by atoms with Gasteiger partial charge in [0.2, 0.25) is 5.89 Å². The van der Waals surface area contributed by atoms with Crippen molar-refractivity contribution in [2.75, 3.05) is 5.75 Å². The quantitative estimate of drug-likeness (QED) is 0.835. The van der Waals surface area contributed by atoms with E-state index < -0.39 is 0 Å². The molecular formula is C10H18N2OS. The number of thioether (sulfide) groups is 1. The van der Waals surface area contributed by atoms with Gasteiger partial charge in [-0.15, -0.1) is 0 Å². The van der Waals surface area contributed by atoms with Crippen molar-refractivity contribution < 1.29 is 4.42 Å². The van der Waals surface area contributed by atoms with Crippen LogP contribution >= 0.6 is 11.8 Å². The van der Waals surface area contributed by atoms with E-state index in [1.54, 1.807) is 11.8 Å². The summed E-state index contributed by atoms with van der Waals surface area (Å²) in [7, 11) is 0. The lowest BCUT2D eigenvalue weighted by Gasteiger charge is -2.16. The van der Waals surface area contributed by atoms with Gasteiger partial charge in [-0.3, -0.25) is 0 Å². The molecule has 0 aliphatic heterocycles. The number of aromatic nitrogens is 1. The van der Waals surface area contributed by atoms with Crippen molar-refractivity contribution in [3.8, 4) is 0 Å². The summed E-state index contributed by atoms with van der Waals surface area (Å²) in [5.41, 5.74) is 6.72. The maximum atomic E-state index is 5.86. The van der Waals surface area contributed by atoms with Gasteiger partial charge in [-0.1, -0.05) is 0 Å². The molecule has 0 aliphatic carbocycles. The number of nitrogens with two attached hydrogens (primary N) is 1. The number of nitrogens with zero attached hydrogens (tertiary/aromatic N) is 1. The first-order chi connectivity index (χ1) is 6.38. The van der Waals surface area contributed by atoms with E-state index in [2.05, 4.69) is 4.98 Å². The summed E-state index contributed by atoms with van der Waals surface area (Å²) in [5, 5.41) is 0. The van der Waals surface area contributed by atoms with Crippen molar-refractivity contribution in [3.05, 3.63) is 17.3 Å². The van der Waals surface area contributed by atoms with Crippen molar-refractivity contribution in [1.82, 2.24) is 4.98 Å². The van der Waals surface area contributed by atoms with Crippen LogP contribution in [0.15, 0.2) is 4.42 Å². The third-order valence-electron chi connectivity index (χ3n) is 1.77. The normalized spacial score (nSPS) is 12.1. The summed E-state index contributed by atoms with van der Waals surface area (Å²) >= 11 is 1.75. The van der Waals surface area contributed by atoms with Crippen LogP contribution in [0, 0.1) is 13.8 Å². The topological polar surface area (TPSA) is 52.0 Å². The van der Waals surface area contributed by atoms with Crippen LogP contribution in [0.25, 0.3) is 0 Å². The molecule has 0 atom stereocenters. The lowest BCUT2D eigenvalue weighted by Crippen LogP contribution is -2.34. The van der Waals surface area contributed by atoms with E-state index in [0.717, 1.165) is 28.9 Å². The third kappa shape index (κ3) is 3.72. The van der Waals surface area contributed by atoms with E-state index in [0.29, 0.717) is 0 Å². The van der Waals surface area contributed by atoms with Gasteiger partial charge < -0.3 is 10.2 Å². The molecule has 0 aliphatic rings. The highest BCUT2D eigenvalue weighted by atomic mass is 32.2. The van der Waals surface area contributed by atoms with Crippen LogP contribution in [0.4, 0.5) is 0 Å². The van der Waals surface area contributed by atoms with Gasteiger partial charge >= 0.3 is 0 Å². The first-order valence-electron chi connectivity index (χ1n) is 4.68. The van der Waals surface area contributed by atoms with Crippen LogP contribution in [0.3, 0.4) is 0 Å². The lowest BCUT2D eigenvalue weighted by atomic mass is 10.1. The predicted octanol–water partition coefficient (Wildman–Crippen LogP) is 2.26. The molecule has 0 fully saturated rings. The highest BCUT2D eigenvalue weighted by Crippen LogP contribution is 2.17. The maximum absolute atomic E-state index is 5.86. The predicted molar refractivity (Wildman–Crippen MR) is 60.4 cm³/mol. The van der Waals surface area contributed by atoms with Crippen LogP contribution in [0.1, 0.15) is 31.2 Å². The van der Waals surface area contributed by atoms with Crippen LogP contribution in [0.2, 0.25) is 0 Å². The Hall–Kier alpha value is -0.480. The Balaban J connectivity index is 2.39.